The minimum absolute atomic E-state index is 0.0505. The summed E-state index contributed by atoms with van der Waals surface area (Å²) in [5.41, 5.74) is 0.784. The van der Waals surface area contributed by atoms with E-state index in [1.54, 1.807) is 26.0 Å². The monoisotopic (exact) mass is 372 g/mol. The van der Waals surface area contributed by atoms with E-state index >= 15 is 0 Å². The molecular formula is C15H21N2O5PS. The van der Waals surface area contributed by atoms with Crippen molar-refractivity contribution in [2.24, 2.45) is 0 Å². The van der Waals surface area contributed by atoms with Gasteiger partial charge < -0.3 is 19.3 Å². The number of fused-ring (bicyclic) bond motifs is 1. The lowest BCUT2D eigenvalue weighted by atomic mass is 10.2. The van der Waals surface area contributed by atoms with E-state index in [1.165, 1.54) is 6.33 Å². The molecule has 2 N–H and O–H groups in total. The zero-order chi connectivity index (χ0) is 17.6. The van der Waals surface area contributed by atoms with Crippen LogP contribution in [0.3, 0.4) is 0 Å². The molecule has 24 heavy (non-hydrogen) atoms. The highest BCUT2D eigenvalue weighted by Crippen LogP contribution is 2.36. The Morgan fingerprint density at radius 2 is 1.79 bits per heavy atom. The summed E-state index contributed by atoms with van der Waals surface area (Å²) >= 11 is 1.60. The minimum atomic E-state index is -3.88. The quantitative estimate of drug-likeness (QED) is 0.300. The summed E-state index contributed by atoms with van der Waals surface area (Å²) < 4.78 is 21.4. The predicted molar refractivity (Wildman–Crippen MR) is 94.1 cm³/mol. The molecule has 0 saturated carbocycles. The van der Waals surface area contributed by atoms with Crippen molar-refractivity contribution in [3.63, 3.8) is 0 Å². The van der Waals surface area contributed by atoms with E-state index in [4.69, 9.17) is 19.3 Å². The Kier molecular flexibility index (Phi) is 6.86. The second-order valence-corrected chi connectivity index (χ2v) is 8.06. The van der Waals surface area contributed by atoms with Crippen molar-refractivity contribution in [1.82, 2.24) is 9.97 Å². The maximum atomic E-state index is 10.8. The molecule has 0 amide bonds. The van der Waals surface area contributed by atoms with Crippen LogP contribution in [0.5, 0.6) is 11.5 Å². The first-order chi connectivity index (χ1) is 11.4. The van der Waals surface area contributed by atoms with Gasteiger partial charge in [-0.1, -0.05) is 6.42 Å². The Morgan fingerprint density at radius 3 is 2.46 bits per heavy atom. The molecule has 0 saturated heterocycles. The third kappa shape index (κ3) is 5.34. The molecule has 7 nitrogen and oxygen atoms in total. The van der Waals surface area contributed by atoms with Gasteiger partial charge in [-0.2, -0.15) is 0 Å². The van der Waals surface area contributed by atoms with Crippen LogP contribution >= 0.6 is 19.4 Å². The first-order valence-corrected chi connectivity index (χ1v) is 10.3. The molecule has 0 bridgehead atoms. The number of benzene rings is 1. The fraction of sp³-hybridized carbons (Fsp3) is 0.467. The van der Waals surface area contributed by atoms with Crippen LogP contribution in [0.4, 0.5) is 0 Å². The number of rotatable bonds is 9. The van der Waals surface area contributed by atoms with Crippen LogP contribution < -0.4 is 9.47 Å². The molecule has 9 heteroatoms. The van der Waals surface area contributed by atoms with Crippen molar-refractivity contribution < 1.29 is 23.8 Å². The molecule has 0 unspecified atom stereocenters. The molecule has 0 atom stereocenters. The Labute approximate surface area is 145 Å². The van der Waals surface area contributed by atoms with Gasteiger partial charge in [0.1, 0.15) is 11.4 Å². The number of hydrogen-bond acceptors (Lipinski definition) is 6. The normalized spacial score (nSPS) is 11.7. The fourth-order valence-electron chi connectivity index (χ4n) is 2.24. The molecule has 0 fully saturated rings. The van der Waals surface area contributed by atoms with Gasteiger partial charge in [-0.3, -0.25) is 4.57 Å². The molecule has 0 aliphatic rings. The molecular weight excluding hydrogens is 351 g/mol. The predicted octanol–water partition coefficient (Wildman–Crippen LogP) is 3.09. The molecule has 1 aromatic carbocycles. The maximum Gasteiger partial charge on any atom is 0.325 e. The smallest absolute Gasteiger partial charge is 0.325 e. The van der Waals surface area contributed by atoms with Gasteiger partial charge in [0.05, 0.1) is 19.7 Å². The summed E-state index contributed by atoms with van der Waals surface area (Å²) in [7, 11) is -0.709. The van der Waals surface area contributed by atoms with Crippen molar-refractivity contribution in [3.8, 4) is 11.5 Å². The number of ether oxygens (including phenoxy) is 2. The average Bonchev–Trinajstić information content (AvgIpc) is 2.55. The molecule has 132 valence electrons. The van der Waals surface area contributed by atoms with E-state index in [9.17, 15) is 4.57 Å². The Bertz CT molecular complexity index is 737. The van der Waals surface area contributed by atoms with Crippen molar-refractivity contribution in [2.75, 3.05) is 26.1 Å². The van der Waals surface area contributed by atoms with Gasteiger partial charge >= 0.3 is 7.60 Å². The summed E-state index contributed by atoms with van der Waals surface area (Å²) in [6.45, 7) is 0. The third-order valence-corrected chi connectivity index (χ3v) is 5.43. The lowest BCUT2D eigenvalue weighted by Crippen LogP contribution is -1.94. The Balaban J connectivity index is 2.00. The van der Waals surface area contributed by atoms with Crippen LogP contribution in [0.2, 0.25) is 0 Å². The van der Waals surface area contributed by atoms with E-state index in [2.05, 4.69) is 9.97 Å². The van der Waals surface area contributed by atoms with E-state index in [1.807, 2.05) is 12.1 Å². The van der Waals surface area contributed by atoms with Crippen LogP contribution in [-0.2, 0) is 4.57 Å². The van der Waals surface area contributed by atoms with E-state index in [0.717, 1.165) is 34.5 Å². The SMILES string of the molecule is COc1cc2ncnc(SCCCCCP(=O)(O)O)c2cc1OC. The van der Waals surface area contributed by atoms with Gasteiger partial charge in [0.25, 0.3) is 0 Å². The van der Waals surface area contributed by atoms with Gasteiger partial charge in [0.2, 0.25) is 0 Å². The molecule has 0 radical (unpaired) electrons. The second-order valence-electron chi connectivity index (χ2n) is 5.20. The summed E-state index contributed by atoms with van der Waals surface area (Å²) in [6.07, 6.45) is 3.64. The summed E-state index contributed by atoms with van der Waals surface area (Å²) in [5.74, 6) is 2.07. The summed E-state index contributed by atoms with van der Waals surface area (Å²) in [6, 6.07) is 3.68. The molecule has 1 heterocycles. The Hall–Kier alpha value is -1.34. The topological polar surface area (TPSA) is 102 Å². The zero-order valence-corrected chi connectivity index (χ0v) is 15.3. The number of methoxy groups -OCH3 is 2. The number of thioether (sulfide) groups is 1. The van der Waals surface area contributed by atoms with E-state index < -0.39 is 7.60 Å². The van der Waals surface area contributed by atoms with Crippen LogP contribution in [0, 0.1) is 0 Å². The second kappa shape index (κ2) is 8.67. The minimum Gasteiger partial charge on any atom is -0.493 e. The molecule has 0 aliphatic heterocycles. The lowest BCUT2D eigenvalue weighted by Gasteiger charge is -2.10. The summed E-state index contributed by atoms with van der Waals surface area (Å²) in [5, 5.41) is 1.76. The van der Waals surface area contributed by atoms with Gasteiger partial charge in [-0.05, 0) is 24.7 Å². The summed E-state index contributed by atoms with van der Waals surface area (Å²) in [4.78, 5) is 26.2. The highest BCUT2D eigenvalue weighted by atomic mass is 32.2. The average molecular weight is 372 g/mol. The van der Waals surface area contributed by atoms with Crippen molar-refractivity contribution in [2.45, 2.75) is 24.3 Å². The Morgan fingerprint density at radius 1 is 1.08 bits per heavy atom. The van der Waals surface area contributed by atoms with Crippen LogP contribution in [0.25, 0.3) is 10.9 Å². The molecule has 2 aromatic rings. The highest BCUT2D eigenvalue weighted by molar-refractivity contribution is 7.99. The first kappa shape index (κ1) is 19.0. The molecule has 1 aromatic heterocycles. The van der Waals surface area contributed by atoms with Crippen molar-refractivity contribution in [1.29, 1.82) is 0 Å². The number of aromatic nitrogens is 2. The lowest BCUT2D eigenvalue weighted by molar-refractivity contribution is 0.355. The van der Waals surface area contributed by atoms with Crippen molar-refractivity contribution in [3.05, 3.63) is 18.5 Å². The van der Waals surface area contributed by atoms with Gasteiger partial charge in [-0.15, -0.1) is 11.8 Å². The zero-order valence-electron chi connectivity index (χ0n) is 13.6. The molecule has 2 rings (SSSR count). The third-order valence-electron chi connectivity index (χ3n) is 3.44. The van der Waals surface area contributed by atoms with Crippen LogP contribution in [0.1, 0.15) is 19.3 Å². The first-order valence-electron chi connectivity index (χ1n) is 7.48. The number of nitrogens with zero attached hydrogens (tertiary/aromatic N) is 2. The maximum absolute atomic E-state index is 10.8. The van der Waals surface area contributed by atoms with Crippen LogP contribution in [0.15, 0.2) is 23.5 Å². The van der Waals surface area contributed by atoms with Crippen LogP contribution in [-0.4, -0.2) is 45.9 Å². The van der Waals surface area contributed by atoms with Gasteiger partial charge in [-0.25, -0.2) is 9.97 Å². The number of unbranched alkanes of at least 4 members (excludes halogenated alkanes) is 2. The highest BCUT2D eigenvalue weighted by Gasteiger charge is 2.12. The largest absolute Gasteiger partial charge is 0.493 e. The fourth-order valence-corrected chi connectivity index (χ4v) is 3.86. The van der Waals surface area contributed by atoms with Crippen molar-refractivity contribution >= 4 is 30.3 Å². The molecule has 0 aliphatic carbocycles. The van der Waals surface area contributed by atoms with E-state index in [0.29, 0.717) is 17.9 Å². The molecule has 0 spiro atoms. The van der Waals surface area contributed by atoms with Gasteiger partial charge in [0.15, 0.2) is 11.5 Å². The van der Waals surface area contributed by atoms with Gasteiger partial charge in [0, 0.05) is 17.6 Å². The standard InChI is InChI=1S/C15H21N2O5PS/c1-21-13-8-11-12(9-14(13)22-2)16-10-17-15(11)24-7-5-3-4-6-23(18,19)20/h8-10H,3-7H2,1-2H3,(H2,18,19,20). The van der Waals surface area contributed by atoms with E-state index in [-0.39, 0.29) is 6.16 Å². The number of hydrogen-bond donors (Lipinski definition) is 2.